The second kappa shape index (κ2) is 4.29. The Hall–Kier alpha value is -3.53. The van der Waals surface area contributed by atoms with Gasteiger partial charge < -0.3 is 10.4 Å². The molecule has 2 aromatic heterocycles. The van der Waals surface area contributed by atoms with E-state index in [1.54, 1.807) is 24.3 Å². The summed E-state index contributed by atoms with van der Waals surface area (Å²) in [6.45, 7) is 0. The number of nitrogens with zero attached hydrogens (tertiary/aromatic N) is 10. The second-order valence-electron chi connectivity index (χ2n) is 3.53. The van der Waals surface area contributed by atoms with Gasteiger partial charge in [0.25, 0.3) is 0 Å². The lowest BCUT2D eigenvalue weighted by Gasteiger charge is -2.00. The number of hydrogen-bond acceptors (Lipinski definition) is 7. The van der Waals surface area contributed by atoms with Gasteiger partial charge in [0.2, 0.25) is 0 Å². The molecule has 0 spiro atoms. The van der Waals surface area contributed by atoms with Gasteiger partial charge in [-0.3, -0.25) is 0 Å². The van der Waals surface area contributed by atoms with Gasteiger partial charge in [0.05, 0.1) is 16.5 Å². The van der Waals surface area contributed by atoms with Crippen LogP contribution in [0.1, 0.15) is 0 Å². The monoisotopic (exact) mass is 272 g/mol. The summed E-state index contributed by atoms with van der Waals surface area (Å²) in [5.74, 6) is 0. The highest BCUT2D eigenvalue weighted by Crippen LogP contribution is 2.22. The SMILES string of the molecule is [N-]=[N+]=Nc1ccccc1-n1nc2n[n+]([O-])n[n+]([O-])c2n1. The molecule has 0 unspecified atom stereocenters. The molecule has 0 N–H and O–H groups in total. The molecule has 0 saturated heterocycles. The molecule has 0 fully saturated rings. The maximum absolute atomic E-state index is 11.4. The van der Waals surface area contributed by atoms with E-state index in [1.807, 2.05) is 0 Å². The number of aromatic nitrogens is 7. The van der Waals surface area contributed by atoms with E-state index in [4.69, 9.17) is 5.53 Å². The number of azide groups is 1. The van der Waals surface area contributed by atoms with Crippen molar-refractivity contribution in [3.8, 4) is 5.69 Å². The van der Waals surface area contributed by atoms with Crippen LogP contribution in [0.15, 0.2) is 29.4 Å². The van der Waals surface area contributed by atoms with Crippen molar-refractivity contribution in [3.05, 3.63) is 45.1 Å². The third-order valence-corrected chi connectivity index (χ3v) is 2.35. The normalized spacial score (nSPS) is 10.4. The number of rotatable bonds is 2. The Labute approximate surface area is 109 Å². The lowest BCUT2D eigenvalue weighted by molar-refractivity contribution is -0.864. The van der Waals surface area contributed by atoms with Crippen LogP contribution in [-0.4, -0.2) is 25.3 Å². The summed E-state index contributed by atoms with van der Waals surface area (Å²) < 4.78 is 0. The summed E-state index contributed by atoms with van der Waals surface area (Å²) in [7, 11) is 0. The van der Waals surface area contributed by atoms with Gasteiger partial charge >= 0.3 is 16.5 Å². The number of hydrogen-bond donors (Lipinski definition) is 0. The van der Waals surface area contributed by atoms with Gasteiger partial charge in [-0.2, -0.15) is 0 Å². The first-order valence-electron chi connectivity index (χ1n) is 5.18. The Bertz CT molecular complexity index is 852. The molecule has 0 radical (unpaired) electrons. The van der Waals surface area contributed by atoms with Crippen molar-refractivity contribution in [2.45, 2.75) is 0 Å². The Morgan fingerprint density at radius 1 is 1.25 bits per heavy atom. The van der Waals surface area contributed by atoms with Crippen molar-refractivity contribution < 1.29 is 9.80 Å². The average Bonchev–Trinajstić information content (AvgIpc) is 2.83. The predicted molar refractivity (Wildman–Crippen MR) is 61.2 cm³/mol. The first-order valence-corrected chi connectivity index (χ1v) is 5.18. The summed E-state index contributed by atoms with van der Waals surface area (Å²) in [5.41, 5.74) is 8.68. The van der Waals surface area contributed by atoms with Crippen LogP contribution in [0.5, 0.6) is 0 Å². The zero-order chi connectivity index (χ0) is 14.1. The Balaban J connectivity index is 2.25. The molecule has 98 valence electrons. The van der Waals surface area contributed by atoms with E-state index in [0.717, 1.165) is 4.80 Å². The van der Waals surface area contributed by atoms with Gasteiger partial charge in [-0.15, -0.1) is 9.90 Å². The van der Waals surface area contributed by atoms with E-state index >= 15 is 0 Å². The molecule has 12 nitrogen and oxygen atoms in total. The topological polar surface area (TPSA) is 159 Å². The minimum atomic E-state index is -0.229. The Morgan fingerprint density at radius 3 is 2.85 bits per heavy atom. The smallest absolute Gasteiger partial charge is 0.417 e. The van der Waals surface area contributed by atoms with E-state index in [9.17, 15) is 10.4 Å². The average molecular weight is 272 g/mol. The molecule has 3 aromatic rings. The fraction of sp³-hybridized carbons (Fsp3) is 0. The lowest BCUT2D eigenvalue weighted by Crippen LogP contribution is -2.50. The number of benzene rings is 1. The van der Waals surface area contributed by atoms with Gasteiger partial charge in [0, 0.05) is 9.76 Å². The van der Waals surface area contributed by atoms with Crippen molar-refractivity contribution in [1.29, 1.82) is 0 Å². The van der Waals surface area contributed by atoms with E-state index < -0.39 is 0 Å². The fourth-order valence-electron chi connectivity index (χ4n) is 1.57. The predicted octanol–water partition coefficient (Wildman–Crippen LogP) is -0.581. The van der Waals surface area contributed by atoms with Gasteiger partial charge in [-0.1, -0.05) is 28.4 Å². The lowest BCUT2D eigenvalue weighted by atomic mass is 10.3. The largest absolute Gasteiger partial charge is 0.588 e. The highest BCUT2D eigenvalue weighted by atomic mass is 16.6. The van der Waals surface area contributed by atoms with E-state index in [-0.39, 0.29) is 26.8 Å². The quantitative estimate of drug-likeness (QED) is 0.199. The maximum atomic E-state index is 11.4. The maximum Gasteiger partial charge on any atom is 0.417 e. The van der Waals surface area contributed by atoms with E-state index in [0.29, 0.717) is 5.69 Å². The van der Waals surface area contributed by atoms with Crippen molar-refractivity contribution in [2.24, 2.45) is 5.11 Å². The zero-order valence-corrected chi connectivity index (χ0v) is 9.60. The van der Waals surface area contributed by atoms with Crippen LogP contribution in [0.25, 0.3) is 27.4 Å². The second-order valence-corrected chi connectivity index (χ2v) is 3.53. The number of fused-ring (bicyclic) bond motifs is 1. The molecule has 0 bridgehead atoms. The van der Waals surface area contributed by atoms with Crippen LogP contribution in [0, 0.1) is 10.4 Å². The van der Waals surface area contributed by atoms with Crippen molar-refractivity contribution in [1.82, 2.24) is 25.3 Å². The Morgan fingerprint density at radius 2 is 2.05 bits per heavy atom. The molecule has 3 rings (SSSR count). The molecule has 0 aliphatic rings. The Kier molecular flexibility index (Phi) is 2.48. The molecule has 0 aliphatic heterocycles. The summed E-state index contributed by atoms with van der Waals surface area (Å²) in [6, 6.07) is 6.46. The third-order valence-electron chi connectivity index (χ3n) is 2.35. The molecule has 0 atom stereocenters. The third kappa shape index (κ3) is 1.77. The molecular formula is C8H4N10O2. The summed E-state index contributed by atoms with van der Waals surface area (Å²) in [5, 5.41) is 39.9. The van der Waals surface area contributed by atoms with Gasteiger partial charge in [0.15, 0.2) is 0 Å². The minimum Gasteiger partial charge on any atom is -0.588 e. The highest BCUT2D eigenvalue weighted by molar-refractivity contribution is 5.61. The number of para-hydroxylation sites is 1. The fourth-order valence-corrected chi connectivity index (χ4v) is 1.57. The zero-order valence-electron chi connectivity index (χ0n) is 9.60. The van der Waals surface area contributed by atoms with Crippen LogP contribution in [0.2, 0.25) is 0 Å². The van der Waals surface area contributed by atoms with Crippen LogP contribution < -0.4 is 9.80 Å². The molecule has 12 heteroatoms. The van der Waals surface area contributed by atoms with Crippen molar-refractivity contribution in [2.75, 3.05) is 0 Å². The molecule has 0 saturated carbocycles. The first kappa shape index (κ1) is 11.6. The van der Waals surface area contributed by atoms with Crippen LogP contribution in [0.4, 0.5) is 5.69 Å². The summed E-state index contributed by atoms with van der Waals surface area (Å²) in [6.07, 6.45) is 0. The summed E-state index contributed by atoms with van der Waals surface area (Å²) >= 11 is 0. The molecule has 0 amide bonds. The van der Waals surface area contributed by atoms with Gasteiger partial charge in [0.1, 0.15) is 4.96 Å². The van der Waals surface area contributed by atoms with E-state index in [2.05, 4.69) is 30.5 Å². The molecule has 1 aromatic carbocycles. The molecule has 20 heavy (non-hydrogen) atoms. The van der Waals surface area contributed by atoms with Crippen LogP contribution in [0.3, 0.4) is 0 Å². The van der Waals surface area contributed by atoms with Crippen LogP contribution >= 0.6 is 0 Å². The van der Waals surface area contributed by atoms with E-state index in [1.165, 1.54) is 0 Å². The summed E-state index contributed by atoms with van der Waals surface area (Å²) in [4.78, 5) is 3.57. The van der Waals surface area contributed by atoms with Gasteiger partial charge in [-0.05, 0) is 11.6 Å². The first-order chi connectivity index (χ1) is 9.69. The minimum absolute atomic E-state index is 0.00894. The van der Waals surface area contributed by atoms with Crippen LogP contribution in [-0.2, 0) is 0 Å². The molecule has 2 heterocycles. The van der Waals surface area contributed by atoms with Gasteiger partial charge in [-0.25, -0.2) is 0 Å². The molecule has 0 aliphatic carbocycles. The molecular weight excluding hydrogens is 268 g/mol. The van der Waals surface area contributed by atoms with Crippen molar-refractivity contribution >= 4 is 17.0 Å². The highest BCUT2D eigenvalue weighted by Gasteiger charge is 2.21. The van der Waals surface area contributed by atoms with Crippen molar-refractivity contribution in [3.63, 3.8) is 0 Å². The standard InChI is InChI=1S/C8H4N10O2/c9-14-10-5-3-1-2-4-6(5)16-11-7-8(13-16)17(19)15-18(20)12-7/h1-4H.